The van der Waals surface area contributed by atoms with Gasteiger partial charge in [0.25, 0.3) is 0 Å². The summed E-state index contributed by atoms with van der Waals surface area (Å²) in [5, 5.41) is 0. The summed E-state index contributed by atoms with van der Waals surface area (Å²) in [7, 11) is -3.27. The number of benzene rings is 1. The molecule has 2 rings (SSSR count). The molecular formula is C13H20N2O3S. The minimum absolute atomic E-state index is 0.119. The average Bonchev–Trinajstić information content (AvgIpc) is 2.46. The van der Waals surface area contributed by atoms with Gasteiger partial charge in [-0.25, -0.2) is 8.42 Å². The van der Waals surface area contributed by atoms with Crippen molar-refractivity contribution < 1.29 is 13.2 Å². The lowest BCUT2D eigenvalue weighted by Gasteiger charge is -2.33. The molecular weight excluding hydrogens is 264 g/mol. The third-order valence-electron chi connectivity index (χ3n) is 3.29. The number of nitrogens with zero attached hydrogens (tertiary/aromatic N) is 1. The largest absolute Gasteiger partial charge is 0.378 e. The van der Waals surface area contributed by atoms with Crippen molar-refractivity contribution in [3.8, 4) is 0 Å². The zero-order valence-electron chi connectivity index (χ0n) is 10.9. The highest BCUT2D eigenvalue weighted by Gasteiger charge is 2.31. The van der Waals surface area contributed by atoms with Gasteiger partial charge in [-0.15, -0.1) is 0 Å². The Bertz CT molecular complexity index is 490. The minimum Gasteiger partial charge on any atom is -0.378 e. The SMILES string of the molecule is NCC1COCCN1S(=O)(=O)CCc1ccccc1. The molecule has 19 heavy (non-hydrogen) atoms. The third kappa shape index (κ3) is 3.76. The van der Waals surface area contributed by atoms with Gasteiger partial charge in [-0.1, -0.05) is 30.3 Å². The standard InChI is InChI=1S/C13H20N2O3S/c14-10-13-11-18-8-7-15(13)19(16,17)9-6-12-4-2-1-3-5-12/h1-5,13H,6-11,14H2. The van der Waals surface area contributed by atoms with Crippen LogP contribution in [-0.4, -0.2) is 50.8 Å². The number of hydrogen-bond donors (Lipinski definition) is 1. The second kappa shape index (κ2) is 6.47. The molecule has 1 fully saturated rings. The van der Waals surface area contributed by atoms with Gasteiger partial charge in [0.15, 0.2) is 0 Å². The van der Waals surface area contributed by atoms with Crippen LogP contribution in [0.2, 0.25) is 0 Å². The van der Waals surface area contributed by atoms with Gasteiger partial charge >= 0.3 is 0 Å². The summed E-state index contributed by atoms with van der Waals surface area (Å²) in [6.07, 6.45) is 0.526. The van der Waals surface area contributed by atoms with Crippen molar-refractivity contribution in [3.05, 3.63) is 35.9 Å². The van der Waals surface area contributed by atoms with Crippen molar-refractivity contribution >= 4 is 10.0 Å². The monoisotopic (exact) mass is 284 g/mol. The van der Waals surface area contributed by atoms with Crippen LogP contribution in [-0.2, 0) is 21.2 Å². The van der Waals surface area contributed by atoms with E-state index in [2.05, 4.69) is 0 Å². The van der Waals surface area contributed by atoms with Crippen LogP contribution in [0.4, 0.5) is 0 Å². The molecule has 0 aromatic heterocycles. The maximum atomic E-state index is 12.3. The quantitative estimate of drug-likeness (QED) is 0.839. The molecule has 0 radical (unpaired) electrons. The minimum atomic E-state index is -3.27. The highest BCUT2D eigenvalue weighted by atomic mass is 32.2. The Morgan fingerprint density at radius 1 is 1.32 bits per heavy atom. The van der Waals surface area contributed by atoms with E-state index < -0.39 is 10.0 Å². The van der Waals surface area contributed by atoms with Crippen molar-refractivity contribution in [1.82, 2.24) is 4.31 Å². The van der Waals surface area contributed by atoms with Crippen molar-refractivity contribution in [1.29, 1.82) is 0 Å². The van der Waals surface area contributed by atoms with Crippen LogP contribution in [0.5, 0.6) is 0 Å². The fraction of sp³-hybridized carbons (Fsp3) is 0.538. The summed E-state index contributed by atoms with van der Waals surface area (Å²) in [5.41, 5.74) is 6.64. The van der Waals surface area contributed by atoms with Gasteiger partial charge in [0, 0.05) is 13.1 Å². The van der Waals surface area contributed by atoms with Crippen LogP contribution < -0.4 is 5.73 Å². The predicted octanol–water partition coefficient (Wildman–Crippen LogP) is 0.218. The van der Waals surface area contributed by atoms with Crippen LogP contribution in [0, 0.1) is 0 Å². The number of sulfonamides is 1. The molecule has 6 heteroatoms. The maximum absolute atomic E-state index is 12.3. The fourth-order valence-corrected chi connectivity index (χ4v) is 3.88. The summed E-state index contributed by atoms with van der Waals surface area (Å²) in [5.74, 6) is 0.119. The highest BCUT2D eigenvalue weighted by Crippen LogP contribution is 2.13. The summed E-state index contributed by atoms with van der Waals surface area (Å²) >= 11 is 0. The summed E-state index contributed by atoms with van der Waals surface area (Å²) in [6.45, 7) is 1.53. The lowest BCUT2D eigenvalue weighted by Crippen LogP contribution is -2.52. The Labute approximate surface area is 114 Å². The van der Waals surface area contributed by atoms with Gasteiger partial charge in [0.05, 0.1) is 25.0 Å². The van der Waals surface area contributed by atoms with Gasteiger partial charge in [-0.3, -0.25) is 0 Å². The smallest absolute Gasteiger partial charge is 0.214 e. The number of rotatable bonds is 5. The molecule has 0 spiro atoms. The second-order valence-corrected chi connectivity index (χ2v) is 6.67. The van der Waals surface area contributed by atoms with Crippen molar-refractivity contribution in [2.45, 2.75) is 12.5 Å². The van der Waals surface area contributed by atoms with Crippen molar-refractivity contribution in [3.63, 3.8) is 0 Å². The lowest BCUT2D eigenvalue weighted by atomic mass is 10.2. The van der Waals surface area contributed by atoms with Gasteiger partial charge in [0.1, 0.15) is 0 Å². The van der Waals surface area contributed by atoms with Crippen LogP contribution in [0.15, 0.2) is 30.3 Å². The Morgan fingerprint density at radius 3 is 2.74 bits per heavy atom. The van der Waals surface area contributed by atoms with E-state index in [9.17, 15) is 8.42 Å². The molecule has 0 saturated carbocycles. The van der Waals surface area contributed by atoms with E-state index in [1.54, 1.807) is 0 Å². The Balaban J connectivity index is 2.01. The third-order valence-corrected chi connectivity index (χ3v) is 5.21. The Kier molecular flexibility index (Phi) is 4.93. The molecule has 1 atom stereocenters. The highest BCUT2D eigenvalue weighted by molar-refractivity contribution is 7.89. The molecule has 106 valence electrons. The molecule has 0 amide bonds. The molecule has 5 nitrogen and oxygen atoms in total. The molecule has 1 aromatic carbocycles. The van der Waals surface area contributed by atoms with E-state index in [-0.39, 0.29) is 11.8 Å². The van der Waals surface area contributed by atoms with E-state index in [4.69, 9.17) is 10.5 Å². The molecule has 1 aliphatic rings. The molecule has 0 bridgehead atoms. The molecule has 1 heterocycles. The number of morpholine rings is 1. The zero-order chi connectivity index (χ0) is 13.7. The predicted molar refractivity (Wildman–Crippen MR) is 74.3 cm³/mol. The van der Waals surface area contributed by atoms with E-state index in [0.717, 1.165) is 5.56 Å². The normalized spacial score (nSPS) is 21.4. The van der Waals surface area contributed by atoms with Crippen LogP contribution in [0.25, 0.3) is 0 Å². The number of hydrogen-bond acceptors (Lipinski definition) is 4. The molecule has 1 unspecified atom stereocenters. The molecule has 1 aromatic rings. The zero-order valence-corrected chi connectivity index (χ0v) is 11.7. The number of ether oxygens (including phenoxy) is 1. The second-order valence-electron chi connectivity index (χ2n) is 4.63. The Morgan fingerprint density at radius 2 is 2.05 bits per heavy atom. The number of aryl methyl sites for hydroxylation is 1. The lowest BCUT2D eigenvalue weighted by molar-refractivity contribution is 0.0358. The summed E-state index contributed by atoms with van der Waals surface area (Å²) < 4.78 is 31.5. The van der Waals surface area contributed by atoms with Crippen molar-refractivity contribution in [2.75, 3.05) is 32.1 Å². The van der Waals surface area contributed by atoms with Gasteiger partial charge in [-0.05, 0) is 12.0 Å². The Hall–Kier alpha value is -0.950. The molecule has 0 aliphatic carbocycles. The first-order valence-corrected chi connectivity index (χ1v) is 8.05. The summed E-state index contributed by atoms with van der Waals surface area (Å²) in [4.78, 5) is 0. The van der Waals surface area contributed by atoms with Gasteiger partial charge in [0.2, 0.25) is 10.0 Å². The molecule has 2 N–H and O–H groups in total. The maximum Gasteiger partial charge on any atom is 0.214 e. The summed E-state index contributed by atoms with van der Waals surface area (Å²) in [6, 6.07) is 9.41. The van der Waals surface area contributed by atoms with Gasteiger partial charge < -0.3 is 10.5 Å². The van der Waals surface area contributed by atoms with E-state index in [1.807, 2.05) is 30.3 Å². The first-order chi connectivity index (χ1) is 9.13. The van der Waals surface area contributed by atoms with E-state index in [1.165, 1.54) is 4.31 Å². The fourth-order valence-electron chi connectivity index (χ4n) is 2.20. The van der Waals surface area contributed by atoms with E-state index in [0.29, 0.717) is 32.7 Å². The molecule has 1 aliphatic heterocycles. The van der Waals surface area contributed by atoms with Crippen molar-refractivity contribution in [2.24, 2.45) is 5.73 Å². The number of nitrogens with two attached hydrogens (primary N) is 1. The van der Waals surface area contributed by atoms with Crippen LogP contribution in [0.1, 0.15) is 5.56 Å². The average molecular weight is 284 g/mol. The van der Waals surface area contributed by atoms with Crippen LogP contribution in [0.3, 0.4) is 0 Å². The first-order valence-electron chi connectivity index (χ1n) is 6.45. The first kappa shape index (κ1) is 14.5. The van der Waals surface area contributed by atoms with E-state index >= 15 is 0 Å². The van der Waals surface area contributed by atoms with Crippen LogP contribution >= 0.6 is 0 Å². The molecule has 1 saturated heterocycles. The topological polar surface area (TPSA) is 72.6 Å². The van der Waals surface area contributed by atoms with Gasteiger partial charge in [-0.2, -0.15) is 4.31 Å².